The summed E-state index contributed by atoms with van der Waals surface area (Å²) >= 11 is 0. The molecule has 2 heterocycles. The summed E-state index contributed by atoms with van der Waals surface area (Å²) in [6.45, 7) is 12.1. The second-order valence-electron chi connectivity index (χ2n) is 17.2. The Hall–Kier alpha value is -5.64. The van der Waals surface area contributed by atoms with Crippen LogP contribution in [0.25, 0.3) is 0 Å². The number of carbonyl (C=O) groups is 4. The van der Waals surface area contributed by atoms with Crippen molar-refractivity contribution in [2.45, 2.75) is 89.5 Å². The summed E-state index contributed by atoms with van der Waals surface area (Å²) in [7, 11) is 0. The molecule has 4 aromatic carbocycles. The minimum atomic E-state index is -0.965. The molecule has 292 valence electrons. The van der Waals surface area contributed by atoms with E-state index in [4.69, 9.17) is 9.47 Å². The van der Waals surface area contributed by atoms with Gasteiger partial charge in [0.15, 0.2) is 0 Å². The van der Waals surface area contributed by atoms with Crippen LogP contribution in [0.5, 0.6) is 0 Å². The lowest BCUT2D eigenvalue weighted by Gasteiger charge is -2.72. The number of ether oxygens (including phenoxy) is 2. The topological polar surface area (TPSA) is 117 Å². The molecule has 0 spiro atoms. The minimum Gasteiger partial charge on any atom is -0.444 e. The highest BCUT2D eigenvalue weighted by molar-refractivity contribution is 6.09. The van der Waals surface area contributed by atoms with Gasteiger partial charge < -0.3 is 29.9 Å². The van der Waals surface area contributed by atoms with Crippen LogP contribution >= 0.6 is 0 Å². The summed E-state index contributed by atoms with van der Waals surface area (Å²) in [5.41, 5.74) is 1.63. The fraction of sp³-hybridized carbons (Fsp3) is 0.391. The molecule has 56 heavy (non-hydrogen) atoms. The van der Waals surface area contributed by atoms with Gasteiger partial charge in [0.05, 0.1) is 11.8 Å². The first-order chi connectivity index (χ1) is 26.6. The molecule has 1 aliphatic carbocycles. The van der Waals surface area contributed by atoms with Gasteiger partial charge in [-0.05, 0) is 88.8 Å². The standard InChI is InChI=1S/C46H52N4O6/c1-43(2,3)55-41(53)49(29-31-17-9-7-10-18-31)27-25-45-33-21-13-15-23-35(33)47-39(51)37(45)38-40(52)48-36-24-16-14-22-34(36)46(38,45)26-28-50(42(54)56-44(4,5)6)30-32-19-11-8-12-20-32/h7-24,37-38H,25-30H2,1-6H3,(H,47,51)(H,48,52)/t37-,38-,45+,46+/m1/s1. The van der Waals surface area contributed by atoms with E-state index in [2.05, 4.69) is 10.6 Å². The fourth-order valence-electron chi connectivity index (χ4n) is 9.36. The number of carbonyl (C=O) groups excluding carboxylic acids is 4. The molecular formula is C46H52N4O6. The number of benzene rings is 4. The number of nitrogens with one attached hydrogen (secondary N) is 2. The lowest BCUT2D eigenvalue weighted by atomic mass is 9.31. The van der Waals surface area contributed by atoms with Gasteiger partial charge in [-0.1, -0.05) is 97.1 Å². The third-order valence-electron chi connectivity index (χ3n) is 11.4. The monoisotopic (exact) mass is 756 g/mol. The van der Waals surface area contributed by atoms with Crippen LogP contribution in [0.15, 0.2) is 109 Å². The molecule has 10 nitrogen and oxygen atoms in total. The molecule has 4 atom stereocenters. The molecule has 10 heteroatoms. The van der Waals surface area contributed by atoms with Crippen molar-refractivity contribution in [2.24, 2.45) is 11.8 Å². The van der Waals surface area contributed by atoms with Crippen molar-refractivity contribution in [2.75, 3.05) is 23.7 Å². The van der Waals surface area contributed by atoms with Crippen LogP contribution in [0.1, 0.15) is 76.6 Å². The number of rotatable bonds is 10. The van der Waals surface area contributed by atoms with Gasteiger partial charge in [-0.2, -0.15) is 0 Å². The Morgan fingerprint density at radius 2 is 0.893 bits per heavy atom. The Morgan fingerprint density at radius 1 is 0.554 bits per heavy atom. The van der Waals surface area contributed by atoms with E-state index in [0.29, 0.717) is 37.3 Å². The minimum absolute atomic E-state index is 0.236. The highest BCUT2D eigenvalue weighted by Gasteiger charge is 2.79. The number of hydrogen-bond donors (Lipinski definition) is 2. The van der Waals surface area contributed by atoms with Crippen molar-refractivity contribution in [1.82, 2.24) is 9.80 Å². The average molecular weight is 757 g/mol. The van der Waals surface area contributed by atoms with Gasteiger partial charge >= 0.3 is 12.2 Å². The molecule has 0 radical (unpaired) electrons. The normalized spacial score (nSPS) is 22.1. The smallest absolute Gasteiger partial charge is 0.410 e. The van der Waals surface area contributed by atoms with Crippen LogP contribution in [0.3, 0.4) is 0 Å². The summed E-state index contributed by atoms with van der Waals surface area (Å²) in [6.07, 6.45) is -0.239. The zero-order chi connectivity index (χ0) is 39.9. The molecule has 0 unspecified atom stereocenters. The first-order valence-electron chi connectivity index (χ1n) is 19.5. The number of hydrogen-bond acceptors (Lipinski definition) is 6. The van der Waals surface area contributed by atoms with Gasteiger partial charge in [-0.25, -0.2) is 9.59 Å². The lowest BCUT2D eigenvalue weighted by Crippen LogP contribution is -2.79. The van der Waals surface area contributed by atoms with Crippen molar-refractivity contribution in [1.29, 1.82) is 0 Å². The zero-order valence-electron chi connectivity index (χ0n) is 33.1. The summed E-state index contributed by atoms with van der Waals surface area (Å²) in [5, 5.41) is 6.25. The van der Waals surface area contributed by atoms with Gasteiger partial charge in [-0.15, -0.1) is 0 Å². The van der Waals surface area contributed by atoms with E-state index in [0.717, 1.165) is 22.3 Å². The van der Waals surface area contributed by atoms with E-state index < -0.39 is 46.1 Å². The lowest BCUT2D eigenvalue weighted by molar-refractivity contribution is -0.165. The van der Waals surface area contributed by atoms with Crippen LogP contribution < -0.4 is 10.6 Å². The molecule has 2 aliphatic heterocycles. The van der Waals surface area contributed by atoms with Crippen molar-refractivity contribution < 1.29 is 28.7 Å². The molecule has 4 aromatic rings. The molecular weight excluding hydrogens is 705 g/mol. The Labute approximate surface area is 329 Å². The summed E-state index contributed by atoms with van der Waals surface area (Å²) in [6, 6.07) is 35.1. The molecule has 3 aliphatic rings. The van der Waals surface area contributed by atoms with E-state index in [1.807, 2.05) is 151 Å². The van der Waals surface area contributed by atoms with E-state index in [1.54, 1.807) is 9.80 Å². The van der Waals surface area contributed by atoms with Gasteiger partial charge in [0.2, 0.25) is 11.8 Å². The molecule has 4 amide bonds. The molecule has 7 rings (SSSR count). The molecule has 1 fully saturated rings. The maximum atomic E-state index is 14.5. The van der Waals surface area contributed by atoms with Crippen LogP contribution in [0, 0.1) is 11.8 Å². The Kier molecular flexibility index (Phi) is 10.2. The second-order valence-corrected chi connectivity index (χ2v) is 17.2. The van der Waals surface area contributed by atoms with Crippen molar-refractivity contribution >= 4 is 35.4 Å². The average Bonchev–Trinajstić information content (AvgIpc) is 3.13. The Bertz CT molecular complexity index is 1960. The first-order valence-corrected chi connectivity index (χ1v) is 19.5. The highest BCUT2D eigenvalue weighted by atomic mass is 16.6. The largest absolute Gasteiger partial charge is 0.444 e. The maximum absolute atomic E-state index is 14.5. The number of nitrogens with zero attached hydrogens (tertiary/aromatic N) is 2. The van der Waals surface area contributed by atoms with E-state index >= 15 is 0 Å². The summed E-state index contributed by atoms with van der Waals surface area (Å²) in [5.74, 6) is -1.99. The quantitative estimate of drug-likeness (QED) is 0.167. The van der Waals surface area contributed by atoms with E-state index in [1.165, 1.54) is 0 Å². The molecule has 2 N–H and O–H groups in total. The van der Waals surface area contributed by atoms with Crippen LogP contribution in [-0.4, -0.2) is 58.1 Å². The van der Waals surface area contributed by atoms with Crippen LogP contribution in [-0.2, 0) is 43.0 Å². The summed E-state index contributed by atoms with van der Waals surface area (Å²) < 4.78 is 11.9. The molecule has 0 bridgehead atoms. The fourth-order valence-corrected chi connectivity index (χ4v) is 9.36. The van der Waals surface area contributed by atoms with E-state index in [-0.39, 0.29) is 24.9 Å². The number of amides is 4. The molecule has 1 saturated carbocycles. The van der Waals surface area contributed by atoms with Crippen LogP contribution in [0.2, 0.25) is 0 Å². The predicted molar refractivity (Wildman–Crippen MR) is 216 cm³/mol. The highest BCUT2D eigenvalue weighted by Crippen LogP contribution is 2.73. The second kappa shape index (κ2) is 14.8. The predicted octanol–water partition coefficient (Wildman–Crippen LogP) is 8.67. The third kappa shape index (κ3) is 7.13. The van der Waals surface area contributed by atoms with Gasteiger partial charge in [0, 0.05) is 48.4 Å². The van der Waals surface area contributed by atoms with Gasteiger partial charge in [0.25, 0.3) is 0 Å². The number of fused-ring (bicyclic) bond motifs is 8. The SMILES string of the molecule is CC(C)(C)OC(=O)N(CC[C@]12c3ccccc3NC(=O)[C@H]1[C@@H]1C(=O)Nc3ccccc3[C@@]12CCN(Cc1ccccc1)C(=O)OC(C)(C)C)Cc1ccccc1. The van der Waals surface area contributed by atoms with Gasteiger partial charge in [0.1, 0.15) is 11.2 Å². The third-order valence-corrected chi connectivity index (χ3v) is 11.4. The van der Waals surface area contributed by atoms with Crippen LogP contribution in [0.4, 0.5) is 21.0 Å². The first kappa shape index (κ1) is 38.6. The van der Waals surface area contributed by atoms with Crippen molar-refractivity contribution in [3.63, 3.8) is 0 Å². The molecule has 0 saturated heterocycles. The number of para-hydroxylation sites is 2. The van der Waals surface area contributed by atoms with Crippen molar-refractivity contribution in [3.8, 4) is 0 Å². The zero-order valence-corrected chi connectivity index (χ0v) is 33.1. The van der Waals surface area contributed by atoms with Crippen molar-refractivity contribution in [3.05, 3.63) is 131 Å². The van der Waals surface area contributed by atoms with E-state index in [9.17, 15) is 19.2 Å². The maximum Gasteiger partial charge on any atom is 0.410 e. The number of anilines is 2. The summed E-state index contributed by atoms with van der Waals surface area (Å²) in [4.78, 5) is 60.5. The Morgan fingerprint density at radius 3 is 1.25 bits per heavy atom. The van der Waals surface area contributed by atoms with Gasteiger partial charge in [-0.3, -0.25) is 9.59 Å². The molecule has 0 aromatic heterocycles. The Balaban J connectivity index is 1.38.